The monoisotopic (exact) mass is 1260 g/mol. The van der Waals surface area contributed by atoms with Gasteiger partial charge in [-0.1, -0.05) is 253 Å². The van der Waals surface area contributed by atoms with Gasteiger partial charge in [0.2, 0.25) is 0 Å². The van der Waals surface area contributed by atoms with E-state index in [1.807, 2.05) is 0 Å². The minimum atomic E-state index is -4.95. The number of rotatable bonds is 63. The van der Waals surface area contributed by atoms with Crippen LogP contribution in [0.4, 0.5) is 0 Å². The van der Waals surface area contributed by atoms with Gasteiger partial charge in [-0.3, -0.25) is 37.3 Å². The van der Waals surface area contributed by atoms with Crippen LogP contribution in [0.5, 0.6) is 0 Å². The molecule has 0 bridgehead atoms. The van der Waals surface area contributed by atoms with Crippen molar-refractivity contribution in [2.24, 2.45) is 17.8 Å². The van der Waals surface area contributed by atoms with E-state index in [0.29, 0.717) is 37.5 Å². The van der Waals surface area contributed by atoms with Crippen molar-refractivity contribution in [3.05, 3.63) is 24.3 Å². The highest BCUT2D eigenvalue weighted by atomic mass is 31.2. The van der Waals surface area contributed by atoms with Crippen molar-refractivity contribution in [2.75, 3.05) is 39.6 Å². The highest BCUT2D eigenvalue weighted by Crippen LogP contribution is 2.45. The molecule has 0 spiro atoms. The quantitative estimate of drug-likeness (QED) is 0.0169. The SMILES string of the molecule is CCCCCC/C=C\C=C/CCCCCCCC(=O)OC[C@H](COP(=O)(O)OCC(O)COP(=O)(O)OC[C@@H](COC(=O)CCCCCCCCCCC(C)C)OC(=O)CCCCCCCCCC(C)C)OC(=O)CCCCCCCCCC(C)C. The van der Waals surface area contributed by atoms with E-state index in [0.717, 1.165) is 115 Å². The third-order valence-electron chi connectivity index (χ3n) is 14.8. The molecule has 17 nitrogen and oxygen atoms in total. The van der Waals surface area contributed by atoms with Gasteiger partial charge in [-0.2, -0.15) is 0 Å². The van der Waals surface area contributed by atoms with Crippen LogP contribution in [-0.4, -0.2) is 96.7 Å². The molecule has 0 amide bonds. The van der Waals surface area contributed by atoms with Crippen LogP contribution in [0.1, 0.15) is 305 Å². The Kier molecular flexibility index (Phi) is 56.0. The average molecular weight is 1270 g/mol. The number of hydrogen-bond donors (Lipinski definition) is 3. The van der Waals surface area contributed by atoms with Gasteiger partial charge in [0.05, 0.1) is 26.4 Å². The first kappa shape index (κ1) is 83.5. The summed E-state index contributed by atoms with van der Waals surface area (Å²) < 4.78 is 68.0. The van der Waals surface area contributed by atoms with E-state index in [-0.39, 0.29) is 25.7 Å². The molecular weight excluding hydrogens is 1140 g/mol. The van der Waals surface area contributed by atoms with Crippen LogP contribution in [0.2, 0.25) is 0 Å². The van der Waals surface area contributed by atoms with Crippen molar-refractivity contribution >= 4 is 39.5 Å². The van der Waals surface area contributed by atoms with Gasteiger partial charge in [-0.15, -0.1) is 0 Å². The predicted molar refractivity (Wildman–Crippen MR) is 344 cm³/mol. The second-order valence-corrected chi connectivity index (χ2v) is 27.9. The largest absolute Gasteiger partial charge is 0.472 e. The van der Waals surface area contributed by atoms with Crippen LogP contribution >= 0.6 is 15.6 Å². The minimum Gasteiger partial charge on any atom is -0.462 e. The number of unbranched alkanes of at least 4 members (excludes halogenated alkanes) is 28. The van der Waals surface area contributed by atoms with E-state index in [4.69, 9.17) is 37.0 Å². The van der Waals surface area contributed by atoms with Gasteiger partial charge in [0.25, 0.3) is 0 Å². The van der Waals surface area contributed by atoms with Crippen molar-refractivity contribution in [1.82, 2.24) is 0 Å². The summed E-state index contributed by atoms with van der Waals surface area (Å²) in [5.74, 6) is -0.0556. The fraction of sp³-hybridized carbons (Fsp3) is 0.881. The molecule has 0 aromatic carbocycles. The molecule has 0 saturated carbocycles. The topological polar surface area (TPSA) is 237 Å². The van der Waals surface area contributed by atoms with E-state index >= 15 is 0 Å². The number of hydrogen-bond acceptors (Lipinski definition) is 15. The lowest BCUT2D eigenvalue weighted by Crippen LogP contribution is -2.30. The number of carbonyl (C=O) groups is 4. The molecule has 3 unspecified atom stereocenters. The van der Waals surface area contributed by atoms with Crippen LogP contribution in [0.15, 0.2) is 24.3 Å². The maximum Gasteiger partial charge on any atom is 0.472 e. The summed E-state index contributed by atoms with van der Waals surface area (Å²) >= 11 is 0. The number of phosphoric ester groups is 2. The molecule has 0 heterocycles. The van der Waals surface area contributed by atoms with Gasteiger partial charge in [0, 0.05) is 25.7 Å². The van der Waals surface area contributed by atoms with Crippen molar-refractivity contribution in [1.29, 1.82) is 0 Å². The van der Waals surface area contributed by atoms with Crippen molar-refractivity contribution in [3.8, 4) is 0 Å². The molecule has 19 heteroatoms. The molecule has 0 aromatic rings. The van der Waals surface area contributed by atoms with E-state index in [2.05, 4.69) is 72.8 Å². The number of aliphatic hydroxyl groups excluding tert-OH is 1. The van der Waals surface area contributed by atoms with Gasteiger partial charge in [-0.25, -0.2) is 9.13 Å². The average Bonchev–Trinajstić information content (AvgIpc) is 3.66. The van der Waals surface area contributed by atoms with E-state index in [1.165, 1.54) is 96.3 Å². The molecule has 0 aliphatic heterocycles. The lowest BCUT2D eigenvalue weighted by Gasteiger charge is -2.21. The van der Waals surface area contributed by atoms with Crippen LogP contribution < -0.4 is 0 Å². The third kappa shape index (κ3) is 60.5. The fourth-order valence-corrected chi connectivity index (χ4v) is 11.0. The second-order valence-electron chi connectivity index (χ2n) is 25.0. The number of aliphatic hydroxyl groups is 1. The maximum absolute atomic E-state index is 13.0. The third-order valence-corrected chi connectivity index (χ3v) is 16.7. The normalized spacial score (nSPS) is 14.5. The van der Waals surface area contributed by atoms with Crippen LogP contribution in [0.3, 0.4) is 0 Å². The fourth-order valence-electron chi connectivity index (χ4n) is 9.47. The first-order chi connectivity index (χ1) is 41.2. The number of phosphoric acid groups is 2. The molecule has 0 saturated heterocycles. The molecule has 0 aliphatic carbocycles. The lowest BCUT2D eigenvalue weighted by atomic mass is 10.0. The van der Waals surface area contributed by atoms with E-state index in [1.54, 1.807) is 0 Å². The number of allylic oxidation sites excluding steroid dienone is 4. The smallest absolute Gasteiger partial charge is 0.462 e. The van der Waals surface area contributed by atoms with Gasteiger partial charge in [0.1, 0.15) is 19.3 Å². The van der Waals surface area contributed by atoms with Crippen molar-refractivity contribution in [2.45, 2.75) is 324 Å². The molecule has 0 aromatic heterocycles. The summed E-state index contributed by atoms with van der Waals surface area (Å²) in [6, 6.07) is 0. The number of esters is 4. The zero-order chi connectivity index (χ0) is 63.8. The molecule has 0 aliphatic rings. The Morgan fingerprint density at radius 3 is 0.942 bits per heavy atom. The lowest BCUT2D eigenvalue weighted by molar-refractivity contribution is -0.161. The highest BCUT2D eigenvalue weighted by Gasteiger charge is 2.30. The molecule has 0 rings (SSSR count). The Hall–Kier alpha value is -2.46. The summed E-state index contributed by atoms with van der Waals surface area (Å²) in [6.45, 7) is 11.6. The van der Waals surface area contributed by atoms with Crippen molar-refractivity contribution < 1.29 is 80.2 Å². The Balaban J connectivity index is 5.26. The van der Waals surface area contributed by atoms with Crippen LogP contribution in [0.25, 0.3) is 0 Å². The summed E-state index contributed by atoms with van der Waals surface area (Å²) in [6.07, 6.45) is 42.8. The molecule has 3 N–H and O–H groups in total. The summed E-state index contributed by atoms with van der Waals surface area (Å²) in [4.78, 5) is 72.3. The van der Waals surface area contributed by atoms with Crippen LogP contribution in [0, 0.1) is 17.8 Å². The summed E-state index contributed by atoms with van der Waals surface area (Å²) in [5, 5.41) is 10.5. The van der Waals surface area contributed by atoms with Crippen molar-refractivity contribution in [3.63, 3.8) is 0 Å². The summed E-state index contributed by atoms with van der Waals surface area (Å²) in [5.41, 5.74) is 0. The Labute approximate surface area is 522 Å². The molecule has 506 valence electrons. The summed E-state index contributed by atoms with van der Waals surface area (Å²) in [7, 11) is -9.90. The first-order valence-corrected chi connectivity index (χ1v) is 37.2. The first-order valence-electron chi connectivity index (χ1n) is 34.2. The Bertz CT molecular complexity index is 1790. The Morgan fingerprint density at radius 2 is 0.628 bits per heavy atom. The second kappa shape index (κ2) is 57.7. The maximum atomic E-state index is 13.0. The molecule has 0 radical (unpaired) electrons. The van der Waals surface area contributed by atoms with Crippen LogP contribution in [-0.2, 0) is 65.4 Å². The van der Waals surface area contributed by atoms with E-state index < -0.39 is 97.5 Å². The predicted octanol–water partition coefficient (Wildman–Crippen LogP) is 18.2. The number of carbonyl (C=O) groups excluding carboxylic acids is 4. The van der Waals surface area contributed by atoms with E-state index in [9.17, 15) is 43.2 Å². The molecule has 5 atom stereocenters. The molecular formula is C67H126O17P2. The van der Waals surface area contributed by atoms with Gasteiger partial charge < -0.3 is 33.8 Å². The van der Waals surface area contributed by atoms with Gasteiger partial charge in [0.15, 0.2) is 12.2 Å². The number of ether oxygens (including phenoxy) is 4. The Morgan fingerprint density at radius 1 is 0.360 bits per heavy atom. The zero-order valence-corrected chi connectivity index (χ0v) is 57.0. The molecule has 86 heavy (non-hydrogen) atoms. The zero-order valence-electron chi connectivity index (χ0n) is 55.3. The standard InChI is InChI=1S/C67H126O17P2/c1-8-9-10-11-12-13-14-15-16-17-18-19-27-34-41-48-64(69)77-54-62(83-66(71)50-43-36-29-22-25-32-39-46-59(4)5)56-81-85(73,74)79-52-61(68)53-80-86(75,76)82-57-63(84-67(72)51-44-37-30-23-26-33-40-47-60(6)7)55-78-65(70)49-42-35-28-21-20-24-31-38-45-58(2)3/h13-16,58-63,68H,8-12,17-57H2,1-7H3,(H,73,74)(H,75,76)/b14-13-,16-15-/t61?,62-,63-/m1/s1. The minimum absolute atomic E-state index is 0.0960. The highest BCUT2D eigenvalue weighted by molar-refractivity contribution is 7.47. The molecule has 0 fully saturated rings. The van der Waals surface area contributed by atoms with Gasteiger partial charge >= 0.3 is 39.5 Å². The van der Waals surface area contributed by atoms with Gasteiger partial charge in [-0.05, 0) is 69.1 Å².